The van der Waals surface area contributed by atoms with Gasteiger partial charge in [-0.25, -0.2) is 0 Å². The molecule has 0 fully saturated rings. The van der Waals surface area contributed by atoms with Crippen LogP contribution >= 0.6 is 0 Å². The predicted octanol–water partition coefficient (Wildman–Crippen LogP) is 6.63. The third-order valence-electron chi connectivity index (χ3n) is 5.06. The first-order valence-electron chi connectivity index (χ1n) is 10.1. The molecule has 0 aromatic heterocycles. The summed E-state index contributed by atoms with van der Waals surface area (Å²) < 4.78 is 18.8. The quantitative estimate of drug-likeness (QED) is 0.539. The molecule has 0 aliphatic rings. The number of rotatable bonds is 8. The highest BCUT2D eigenvalue weighted by molar-refractivity contribution is 7.85. The lowest BCUT2D eigenvalue weighted by Gasteiger charge is -2.25. The average molecular weight is 402 g/mol. The van der Waals surface area contributed by atoms with E-state index >= 15 is 0 Å². The van der Waals surface area contributed by atoms with Crippen LogP contribution in [-0.2, 0) is 10.8 Å². The minimum absolute atomic E-state index is 0.201. The molecule has 4 heteroatoms. The molecule has 0 amide bonds. The highest BCUT2D eigenvalue weighted by Crippen LogP contribution is 2.35. The summed E-state index contributed by atoms with van der Waals surface area (Å²) in [6.45, 7) is 15.2. The summed E-state index contributed by atoms with van der Waals surface area (Å²) in [6.07, 6.45) is 0. The van der Waals surface area contributed by atoms with Crippen molar-refractivity contribution in [3.63, 3.8) is 0 Å². The summed E-state index contributed by atoms with van der Waals surface area (Å²) >= 11 is 0. The Hall–Kier alpha value is -1.81. The van der Waals surface area contributed by atoms with Gasteiger partial charge in [0.05, 0.1) is 17.9 Å². The molecule has 154 valence electrons. The Balaban J connectivity index is 2.43. The lowest BCUT2D eigenvalue weighted by Crippen LogP contribution is -2.24. The van der Waals surface area contributed by atoms with Gasteiger partial charge in [-0.3, -0.25) is 4.21 Å². The zero-order valence-corrected chi connectivity index (χ0v) is 19.3. The number of hydrogen-bond acceptors (Lipinski definition) is 3. The topological polar surface area (TPSA) is 38.3 Å². The van der Waals surface area contributed by atoms with Crippen LogP contribution in [0.25, 0.3) is 0 Å². The maximum absolute atomic E-state index is 13.6. The molecule has 2 rings (SSSR count). The fraction of sp³-hybridized carbons (Fsp3) is 0.500. The van der Waals surface area contributed by atoms with Crippen molar-refractivity contribution in [1.82, 2.24) is 0 Å². The highest BCUT2D eigenvalue weighted by atomic mass is 32.2. The third kappa shape index (κ3) is 5.16. The minimum Gasteiger partial charge on any atom is -0.497 e. The van der Waals surface area contributed by atoms with E-state index in [2.05, 4.69) is 59.0 Å². The predicted molar refractivity (Wildman–Crippen MR) is 121 cm³/mol. The van der Waals surface area contributed by atoms with Gasteiger partial charge in [0.2, 0.25) is 0 Å². The number of ether oxygens (including phenoxy) is 1. The van der Waals surface area contributed by atoms with Gasteiger partial charge in [0, 0.05) is 10.6 Å². The third-order valence-corrected chi connectivity index (χ3v) is 6.70. The number of hydrogen-bond donors (Lipinski definition) is 1. The molecular formula is C24H35NO2S. The van der Waals surface area contributed by atoms with Crippen molar-refractivity contribution in [2.75, 3.05) is 12.4 Å². The Kier molecular flexibility index (Phi) is 7.70. The van der Waals surface area contributed by atoms with E-state index in [0.717, 1.165) is 16.3 Å². The van der Waals surface area contributed by atoms with E-state index in [4.69, 9.17) is 4.74 Å². The molecule has 0 radical (unpaired) electrons. The summed E-state index contributed by atoms with van der Waals surface area (Å²) in [7, 11) is 0.491. The molecule has 0 bridgehead atoms. The van der Waals surface area contributed by atoms with E-state index in [1.807, 2.05) is 31.2 Å². The molecule has 0 aliphatic carbocycles. The second kappa shape index (κ2) is 9.60. The number of nitrogens with one attached hydrogen (secondary N) is 1. The van der Waals surface area contributed by atoms with E-state index in [0.29, 0.717) is 17.8 Å². The molecule has 0 spiro atoms. The summed E-state index contributed by atoms with van der Waals surface area (Å²) in [6, 6.07) is 12.3. The molecule has 0 saturated heterocycles. The molecule has 0 heterocycles. The fourth-order valence-corrected chi connectivity index (χ4v) is 4.92. The monoisotopic (exact) mass is 401 g/mol. The van der Waals surface area contributed by atoms with Gasteiger partial charge in [0.25, 0.3) is 0 Å². The first-order valence-corrected chi connectivity index (χ1v) is 11.4. The standard InChI is InChI=1S/C24H35NO2S/c1-15(2)19-13-22(16(3)4)24(23(14-19)17(5)6)28(26)18(7)25-20-9-11-21(27-8)12-10-20/h9-18,25H,1-8H3/t18-,28?/m0/s1. The molecule has 2 aromatic rings. The van der Waals surface area contributed by atoms with Gasteiger partial charge in [-0.2, -0.15) is 0 Å². The summed E-state index contributed by atoms with van der Waals surface area (Å²) in [5, 5.41) is 3.20. The lowest BCUT2D eigenvalue weighted by atomic mass is 9.89. The Morgan fingerprint density at radius 1 is 0.821 bits per heavy atom. The number of anilines is 1. The van der Waals surface area contributed by atoms with Gasteiger partial charge >= 0.3 is 0 Å². The van der Waals surface area contributed by atoms with Crippen LogP contribution in [0.15, 0.2) is 41.3 Å². The number of methoxy groups -OCH3 is 1. The largest absolute Gasteiger partial charge is 0.497 e. The smallest absolute Gasteiger partial charge is 0.119 e. The van der Waals surface area contributed by atoms with Gasteiger partial charge in [-0.1, -0.05) is 53.7 Å². The van der Waals surface area contributed by atoms with Crippen LogP contribution in [-0.4, -0.2) is 16.7 Å². The Morgan fingerprint density at radius 2 is 1.32 bits per heavy atom. The second-order valence-corrected chi connectivity index (χ2v) is 10.0. The Bertz CT molecular complexity index is 781. The van der Waals surface area contributed by atoms with E-state index < -0.39 is 10.8 Å². The summed E-state index contributed by atoms with van der Waals surface area (Å²) in [4.78, 5) is 1.00. The molecule has 1 N–H and O–H groups in total. The van der Waals surface area contributed by atoms with Crippen molar-refractivity contribution in [2.45, 2.75) is 76.5 Å². The minimum atomic E-state index is -1.16. The van der Waals surface area contributed by atoms with Gasteiger partial charge in [0.1, 0.15) is 11.1 Å². The van der Waals surface area contributed by atoms with Crippen LogP contribution in [0.1, 0.15) is 82.9 Å². The van der Waals surface area contributed by atoms with Crippen LogP contribution in [0.5, 0.6) is 5.75 Å². The first kappa shape index (κ1) is 22.5. The van der Waals surface area contributed by atoms with E-state index in [-0.39, 0.29) is 5.37 Å². The maximum Gasteiger partial charge on any atom is 0.119 e. The molecule has 1 unspecified atom stereocenters. The van der Waals surface area contributed by atoms with Crippen molar-refractivity contribution in [3.05, 3.63) is 53.1 Å². The van der Waals surface area contributed by atoms with E-state index in [9.17, 15) is 4.21 Å². The molecule has 28 heavy (non-hydrogen) atoms. The SMILES string of the molecule is COc1ccc(N[C@H](C)S(=O)c2c(C(C)C)cc(C(C)C)cc2C(C)C)cc1. The molecule has 0 saturated carbocycles. The Labute approximate surface area is 173 Å². The second-order valence-electron chi connectivity index (χ2n) is 8.31. The van der Waals surface area contributed by atoms with Crippen LogP contribution < -0.4 is 10.1 Å². The molecular weight excluding hydrogens is 366 g/mol. The van der Waals surface area contributed by atoms with Crippen molar-refractivity contribution >= 4 is 16.5 Å². The van der Waals surface area contributed by atoms with Gasteiger partial charge < -0.3 is 10.1 Å². The van der Waals surface area contributed by atoms with Crippen LogP contribution in [0.2, 0.25) is 0 Å². The van der Waals surface area contributed by atoms with Gasteiger partial charge in [-0.15, -0.1) is 0 Å². The van der Waals surface area contributed by atoms with Crippen LogP contribution in [0.3, 0.4) is 0 Å². The van der Waals surface area contributed by atoms with Gasteiger partial charge in [0.15, 0.2) is 0 Å². The molecule has 3 nitrogen and oxygen atoms in total. The van der Waals surface area contributed by atoms with Gasteiger partial charge in [-0.05, 0) is 65.6 Å². The van der Waals surface area contributed by atoms with Crippen LogP contribution in [0, 0.1) is 0 Å². The zero-order chi connectivity index (χ0) is 21.0. The van der Waals surface area contributed by atoms with Crippen molar-refractivity contribution in [2.24, 2.45) is 0 Å². The first-order chi connectivity index (χ1) is 13.1. The summed E-state index contributed by atoms with van der Waals surface area (Å²) in [5.74, 6) is 1.91. The molecule has 2 atom stereocenters. The highest BCUT2D eigenvalue weighted by Gasteiger charge is 2.24. The average Bonchev–Trinajstić information content (AvgIpc) is 2.66. The lowest BCUT2D eigenvalue weighted by molar-refractivity contribution is 0.415. The fourth-order valence-electron chi connectivity index (χ4n) is 3.27. The zero-order valence-electron chi connectivity index (χ0n) is 18.5. The van der Waals surface area contributed by atoms with Crippen LogP contribution in [0.4, 0.5) is 5.69 Å². The Morgan fingerprint density at radius 3 is 1.71 bits per heavy atom. The van der Waals surface area contributed by atoms with Crippen molar-refractivity contribution in [1.29, 1.82) is 0 Å². The molecule has 2 aromatic carbocycles. The van der Waals surface area contributed by atoms with Crippen molar-refractivity contribution < 1.29 is 8.95 Å². The normalized spacial score (nSPS) is 13.8. The maximum atomic E-state index is 13.6. The number of benzene rings is 2. The van der Waals surface area contributed by atoms with E-state index in [1.54, 1.807) is 7.11 Å². The van der Waals surface area contributed by atoms with Crippen molar-refractivity contribution in [3.8, 4) is 5.75 Å². The molecule has 0 aliphatic heterocycles. The summed E-state index contributed by atoms with van der Waals surface area (Å²) in [5.41, 5.74) is 4.68. The van der Waals surface area contributed by atoms with E-state index in [1.165, 1.54) is 16.7 Å².